The van der Waals surface area contributed by atoms with Crippen molar-refractivity contribution < 1.29 is 9.59 Å². The summed E-state index contributed by atoms with van der Waals surface area (Å²) < 4.78 is 0. The molecule has 0 bridgehead atoms. The van der Waals surface area contributed by atoms with E-state index in [1.54, 1.807) is 31.2 Å². The minimum atomic E-state index is -0.660. The summed E-state index contributed by atoms with van der Waals surface area (Å²) in [5.74, 6) is -0.590. The van der Waals surface area contributed by atoms with E-state index in [9.17, 15) is 9.59 Å². The molecule has 3 rings (SSSR count). The molecule has 2 N–H and O–H groups in total. The fraction of sp³-hybridized carbons (Fsp3) is 0.333. The summed E-state index contributed by atoms with van der Waals surface area (Å²) in [7, 11) is 0. The van der Waals surface area contributed by atoms with E-state index in [-0.39, 0.29) is 11.8 Å². The highest BCUT2D eigenvalue weighted by Crippen LogP contribution is 2.24. The number of para-hydroxylation sites is 1. The Kier molecular flexibility index (Phi) is 6.35. The van der Waals surface area contributed by atoms with E-state index in [0.717, 1.165) is 18.7 Å². The molecule has 27 heavy (non-hydrogen) atoms. The van der Waals surface area contributed by atoms with Gasteiger partial charge in [0.15, 0.2) is 0 Å². The fourth-order valence-electron chi connectivity index (χ4n) is 3.25. The number of carbonyl (C=O) groups is 2. The number of carbonyl (C=O) groups excluding carboxylic acids is 2. The summed E-state index contributed by atoms with van der Waals surface area (Å²) in [5.41, 5.74) is 2.61. The number of anilines is 1. The summed E-state index contributed by atoms with van der Waals surface area (Å²) in [4.78, 5) is 27.1. The lowest BCUT2D eigenvalue weighted by atomic mass is 10.1. The number of benzene rings is 2. The zero-order chi connectivity index (χ0) is 19.2. The third kappa shape index (κ3) is 4.80. The van der Waals surface area contributed by atoms with E-state index in [2.05, 4.69) is 21.6 Å². The molecule has 1 aliphatic heterocycles. The number of nitrogens with one attached hydrogen (secondary N) is 2. The molecule has 2 aromatic rings. The second-order valence-electron chi connectivity index (χ2n) is 6.72. The molecular formula is C21H24ClN3O2. The van der Waals surface area contributed by atoms with Gasteiger partial charge in [0.05, 0.1) is 10.6 Å². The lowest BCUT2D eigenvalue weighted by molar-refractivity contribution is -0.122. The van der Waals surface area contributed by atoms with Crippen LogP contribution in [0.25, 0.3) is 0 Å². The number of halogens is 1. The summed E-state index contributed by atoms with van der Waals surface area (Å²) in [6.07, 6.45) is 2.40. The van der Waals surface area contributed by atoms with Gasteiger partial charge in [-0.3, -0.25) is 9.59 Å². The van der Waals surface area contributed by atoms with E-state index in [4.69, 9.17) is 11.6 Å². The SMILES string of the molecule is CC(NC(=O)c1ccccc1Cl)C(=O)NCc1ccccc1N1CCCC1. The Labute approximate surface area is 164 Å². The second-order valence-corrected chi connectivity index (χ2v) is 7.12. The van der Waals surface area contributed by atoms with Crippen LogP contribution >= 0.6 is 11.6 Å². The largest absolute Gasteiger partial charge is 0.371 e. The van der Waals surface area contributed by atoms with Crippen molar-refractivity contribution in [1.82, 2.24) is 10.6 Å². The van der Waals surface area contributed by atoms with Crippen molar-refractivity contribution in [2.24, 2.45) is 0 Å². The van der Waals surface area contributed by atoms with E-state index < -0.39 is 6.04 Å². The topological polar surface area (TPSA) is 61.4 Å². The molecule has 1 fully saturated rings. The molecule has 6 heteroatoms. The number of rotatable bonds is 6. The van der Waals surface area contributed by atoms with Gasteiger partial charge < -0.3 is 15.5 Å². The molecule has 0 spiro atoms. The maximum Gasteiger partial charge on any atom is 0.253 e. The standard InChI is InChI=1S/C21H24ClN3O2/c1-15(24-21(27)17-9-3-4-10-18(17)22)20(26)23-14-16-8-2-5-11-19(16)25-12-6-7-13-25/h2-5,8-11,15H,6-7,12-14H2,1H3,(H,23,26)(H,24,27). The van der Waals surface area contributed by atoms with Crippen LogP contribution < -0.4 is 15.5 Å². The molecule has 0 radical (unpaired) electrons. The van der Waals surface area contributed by atoms with E-state index >= 15 is 0 Å². The monoisotopic (exact) mass is 385 g/mol. The van der Waals surface area contributed by atoms with Crippen LogP contribution in [0.5, 0.6) is 0 Å². The summed E-state index contributed by atoms with van der Waals surface area (Å²) in [5, 5.41) is 5.98. The molecule has 1 atom stereocenters. The molecule has 1 heterocycles. The van der Waals surface area contributed by atoms with Gasteiger partial charge in [-0.15, -0.1) is 0 Å². The molecule has 2 aromatic carbocycles. The van der Waals surface area contributed by atoms with Crippen LogP contribution in [-0.2, 0) is 11.3 Å². The van der Waals surface area contributed by atoms with Gasteiger partial charge in [-0.1, -0.05) is 41.9 Å². The molecule has 1 unspecified atom stereocenters. The van der Waals surface area contributed by atoms with Gasteiger partial charge in [-0.2, -0.15) is 0 Å². The average molecular weight is 386 g/mol. The van der Waals surface area contributed by atoms with Crippen LogP contribution in [0.15, 0.2) is 48.5 Å². The Balaban J connectivity index is 1.58. The lowest BCUT2D eigenvalue weighted by Gasteiger charge is -2.22. The predicted molar refractivity (Wildman–Crippen MR) is 108 cm³/mol. The van der Waals surface area contributed by atoms with Crippen LogP contribution in [0.3, 0.4) is 0 Å². The first-order valence-corrected chi connectivity index (χ1v) is 9.60. The zero-order valence-corrected chi connectivity index (χ0v) is 16.1. The van der Waals surface area contributed by atoms with E-state index in [0.29, 0.717) is 17.1 Å². The van der Waals surface area contributed by atoms with Crippen molar-refractivity contribution in [3.63, 3.8) is 0 Å². The van der Waals surface area contributed by atoms with Crippen LogP contribution in [0, 0.1) is 0 Å². The Morgan fingerprint density at radius 1 is 1.07 bits per heavy atom. The fourth-order valence-corrected chi connectivity index (χ4v) is 3.47. The van der Waals surface area contributed by atoms with Crippen molar-refractivity contribution in [2.75, 3.05) is 18.0 Å². The number of hydrogen-bond donors (Lipinski definition) is 2. The maximum absolute atomic E-state index is 12.4. The van der Waals surface area contributed by atoms with E-state index in [1.807, 2.05) is 18.2 Å². The van der Waals surface area contributed by atoms with Gasteiger partial charge >= 0.3 is 0 Å². The highest BCUT2D eigenvalue weighted by Gasteiger charge is 2.19. The van der Waals surface area contributed by atoms with Gasteiger partial charge in [0.1, 0.15) is 6.04 Å². The second kappa shape index (κ2) is 8.91. The quantitative estimate of drug-likeness (QED) is 0.801. The van der Waals surface area contributed by atoms with E-state index in [1.165, 1.54) is 18.5 Å². The molecule has 2 amide bonds. The predicted octanol–water partition coefficient (Wildman–Crippen LogP) is 3.37. The van der Waals surface area contributed by atoms with Crippen LogP contribution in [0.2, 0.25) is 5.02 Å². The summed E-state index contributed by atoms with van der Waals surface area (Å²) >= 11 is 6.04. The van der Waals surface area contributed by atoms with Gasteiger partial charge in [-0.05, 0) is 43.5 Å². The maximum atomic E-state index is 12.4. The van der Waals surface area contributed by atoms with Crippen LogP contribution in [-0.4, -0.2) is 30.9 Å². The molecule has 5 nitrogen and oxygen atoms in total. The summed E-state index contributed by atoms with van der Waals surface area (Å²) in [6, 6.07) is 14.2. The lowest BCUT2D eigenvalue weighted by Crippen LogP contribution is -2.44. The third-order valence-electron chi connectivity index (χ3n) is 4.75. The Hall–Kier alpha value is -2.53. The highest BCUT2D eigenvalue weighted by molar-refractivity contribution is 6.33. The van der Waals surface area contributed by atoms with Gasteiger partial charge in [0, 0.05) is 25.3 Å². The molecule has 1 aliphatic rings. The minimum Gasteiger partial charge on any atom is -0.371 e. The molecule has 0 aliphatic carbocycles. The third-order valence-corrected chi connectivity index (χ3v) is 5.08. The Morgan fingerprint density at radius 3 is 2.48 bits per heavy atom. The van der Waals surface area contributed by atoms with Crippen LogP contribution in [0.1, 0.15) is 35.7 Å². The average Bonchev–Trinajstić information content (AvgIpc) is 3.21. The van der Waals surface area contributed by atoms with Crippen molar-refractivity contribution in [2.45, 2.75) is 32.4 Å². The molecule has 142 valence electrons. The van der Waals surface area contributed by atoms with Gasteiger partial charge in [0.25, 0.3) is 5.91 Å². The number of nitrogens with zero attached hydrogens (tertiary/aromatic N) is 1. The van der Waals surface area contributed by atoms with Crippen molar-refractivity contribution in [3.8, 4) is 0 Å². The van der Waals surface area contributed by atoms with Crippen molar-refractivity contribution in [3.05, 3.63) is 64.7 Å². The number of hydrogen-bond acceptors (Lipinski definition) is 3. The van der Waals surface area contributed by atoms with Crippen molar-refractivity contribution in [1.29, 1.82) is 0 Å². The molecule has 0 saturated carbocycles. The van der Waals surface area contributed by atoms with Crippen molar-refractivity contribution >= 4 is 29.1 Å². The number of amides is 2. The molecular weight excluding hydrogens is 362 g/mol. The highest BCUT2D eigenvalue weighted by atomic mass is 35.5. The molecule has 0 aromatic heterocycles. The normalized spacial score (nSPS) is 14.7. The Morgan fingerprint density at radius 2 is 1.74 bits per heavy atom. The van der Waals surface area contributed by atoms with Gasteiger partial charge in [-0.25, -0.2) is 0 Å². The minimum absolute atomic E-state index is 0.230. The Bertz CT molecular complexity index is 819. The smallest absolute Gasteiger partial charge is 0.253 e. The first kappa shape index (κ1) is 19.2. The summed E-state index contributed by atoms with van der Waals surface area (Å²) in [6.45, 7) is 4.19. The first-order chi connectivity index (χ1) is 13.1. The zero-order valence-electron chi connectivity index (χ0n) is 15.4. The van der Waals surface area contributed by atoms with Gasteiger partial charge in [0.2, 0.25) is 5.91 Å². The first-order valence-electron chi connectivity index (χ1n) is 9.22. The van der Waals surface area contributed by atoms with Crippen LogP contribution in [0.4, 0.5) is 5.69 Å². The molecule has 1 saturated heterocycles.